The summed E-state index contributed by atoms with van der Waals surface area (Å²) in [6.45, 7) is -0.00126. The van der Waals surface area contributed by atoms with Gasteiger partial charge in [-0.2, -0.15) is 4.98 Å². The molecule has 0 spiro atoms. The van der Waals surface area contributed by atoms with Gasteiger partial charge in [-0.3, -0.25) is 0 Å². The van der Waals surface area contributed by atoms with Crippen LogP contribution in [0.25, 0.3) is 0 Å². The van der Waals surface area contributed by atoms with Crippen LogP contribution in [-0.2, 0) is 6.61 Å². The predicted octanol–water partition coefficient (Wildman–Crippen LogP) is 2.36. The molecule has 1 aliphatic rings. The first-order valence-electron chi connectivity index (χ1n) is 6.11. The number of benzene rings is 1. The highest BCUT2D eigenvalue weighted by Gasteiger charge is 2.29. The van der Waals surface area contributed by atoms with Crippen molar-refractivity contribution < 1.29 is 23.6 Å². The van der Waals surface area contributed by atoms with Gasteiger partial charge < -0.3 is 14.4 Å². The van der Waals surface area contributed by atoms with Gasteiger partial charge in [0, 0.05) is 12.0 Å². The Morgan fingerprint density at radius 2 is 2.25 bits per heavy atom. The molecule has 1 saturated carbocycles. The van der Waals surface area contributed by atoms with Crippen molar-refractivity contribution in [1.82, 2.24) is 10.1 Å². The van der Waals surface area contributed by atoms with Crippen LogP contribution >= 0.6 is 0 Å². The maximum Gasteiger partial charge on any atom is 0.335 e. The van der Waals surface area contributed by atoms with Gasteiger partial charge in [-0.05, 0) is 25.0 Å². The van der Waals surface area contributed by atoms with E-state index in [1.165, 1.54) is 6.07 Å². The molecule has 104 valence electrons. The number of ether oxygens (including phenoxy) is 1. The molecule has 0 unspecified atom stereocenters. The number of carboxylic acid groups (broad SMARTS) is 1. The summed E-state index contributed by atoms with van der Waals surface area (Å²) in [5.74, 6) is -0.483. The Kier molecular flexibility index (Phi) is 3.09. The average molecular weight is 278 g/mol. The SMILES string of the molecule is O=C(O)c1cc(F)cc(OCc2noc(C3CC3)n2)c1. The number of hydrogen-bond acceptors (Lipinski definition) is 5. The molecule has 0 bridgehead atoms. The molecule has 0 amide bonds. The quantitative estimate of drug-likeness (QED) is 0.903. The fourth-order valence-corrected chi connectivity index (χ4v) is 1.74. The Balaban J connectivity index is 1.69. The number of halogens is 1. The molecule has 1 heterocycles. The molecule has 1 aromatic carbocycles. The van der Waals surface area contributed by atoms with Gasteiger partial charge in [-0.1, -0.05) is 5.16 Å². The molecule has 1 aromatic heterocycles. The van der Waals surface area contributed by atoms with E-state index in [2.05, 4.69) is 10.1 Å². The van der Waals surface area contributed by atoms with Gasteiger partial charge in [0.15, 0.2) is 6.61 Å². The predicted molar refractivity (Wildman–Crippen MR) is 64.0 cm³/mol. The minimum absolute atomic E-state index is 0.00126. The fraction of sp³-hybridized carbons (Fsp3) is 0.308. The lowest BCUT2D eigenvalue weighted by atomic mass is 10.2. The van der Waals surface area contributed by atoms with Crippen molar-refractivity contribution >= 4 is 5.97 Å². The van der Waals surface area contributed by atoms with Crippen LogP contribution in [0.5, 0.6) is 5.75 Å². The Morgan fingerprint density at radius 3 is 2.95 bits per heavy atom. The summed E-state index contributed by atoms with van der Waals surface area (Å²) < 4.78 is 23.6. The Morgan fingerprint density at radius 1 is 1.45 bits per heavy atom. The standard InChI is InChI=1S/C13H11FN2O4/c14-9-3-8(13(17)18)4-10(5-9)19-6-11-15-12(20-16-11)7-1-2-7/h3-5,7H,1-2,6H2,(H,17,18). The minimum Gasteiger partial charge on any atom is -0.485 e. The largest absolute Gasteiger partial charge is 0.485 e. The fourth-order valence-electron chi connectivity index (χ4n) is 1.74. The molecule has 0 saturated heterocycles. The molecule has 1 fully saturated rings. The van der Waals surface area contributed by atoms with Gasteiger partial charge in [-0.25, -0.2) is 9.18 Å². The first kappa shape index (κ1) is 12.6. The summed E-state index contributed by atoms with van der Waals surface area (Å²) in [6, 6.07) is 3.27. The molecular formula is C13H11FN2O4. The second-order valence-electron chi connectivity index (χ2n) is 4.59. The number of nitrogens with zero attached hydrogens (tertiary/aromatic N) is 2. The van der Waals surface area contributed by atoms with Crippen LogP contribution in [0.1, 0.15) is 40.8 Å². The Hall–Kier alpha value is -2.44. The van der Waals surface area contributed by atoms with Crippen molar-refractivity contribution in [3.63, 3.8) is 0 Å². The van der Waals surface area contributed by atoms with E-state index in [0.717, 1.165) is 25.0 Å². The Bertz CT molecular complexity index is 652. The molecule has 2 aromatic rings. The zero-order valence-corrected chi connectivity index (χ0v) is 10.4. The Labute approximate surface area is 113 Å². The summed E-state index contributed by atoms with van der Waals surface area (Å²) >= 11 is 0. The lowest BCUT2D eigenvalue weighted by Gasteiger charge is -2.04. The third kappa shape index (κ3) is 2.76. The molecule has 6 nitrogen and oxygen atoms in total. The third-order valence-corrected chi connectivity index (χ3v) is 2.90. The van der Waals surface area contributed by atoms with Gasteiger partial charge in [0.1, 0.15) is 11.6 Å². The van der Waals surface area contributed by atoms with Crippen LogP contribution in [0.4, 0.5) is 4.39 Å². The summed E-state index contributed by atoms with van der Waals surface area (Å²) in [5.41, 5.74) is -0.174. The van der Waals surface area contributed by atoms with Crippen molar-refractivity contribution in [3.05, 3.63) is 41.3 Å². The van der Waals surface area contributed by atoms with Crippen LogP contribution in [-0.4, -0.2) is 21.2 Å². The zero-order chi connectivity index (χ0) is 14.1. The summed E-state index contributed by atoms with van der Waals surface area (Å²) in [4.78, 5) is 15.0. The van der Waals surface area contributed by atoms with Crippen molar-refractivity contribution in [3.8, 4) is 5.75 Å². The van der Waals surface area contributed by atoms with Crippen LogP contribution in [0, 0.1) is 5.82 Å². The van der Waals surface area contributed by atoms with Crippen molar-refractivity contribution in [1.29, 1.82) is 0 Å². The number of rotatable bonds is 5. The van der Waals surface area contributed by atoms with E-state index in [-0.39, 0.29) is 17.9 Å². The molecule has 0 radical (unpaired) electrons. The minimum atomic E-state index is -1.22. The van der Waals surface area contributed by atoms with Crippen LogP contribution in [0.3, 0.4) is 0 Å². The summed E-state index contributed by atoms with van der Waals surface area (Å²) in [6.07, 6.45) is 2.10. The number of aromatic nitrogens is 2. The second kappa shape index (κ2) is 4.92. The van der Waals surface area contributed by atoms with E-state index >= 15 is 0 Å². The monoisotopic (exact) mass is 278 g/mol. The molecule has 7 heteroatoms. The van der Waals surface area contributed by atoms with Gasteiger partial charge in [-0.15, -0.1) is 0 Å². The maximum atomic E-state index is 13.2. The first-order valence-corrected chi connectivity index (χ1v) is 6.11. The first-order chi connectivity index (χ1) is 9.61. The summed E-state index contributed by atoms with van der Waals surface area (Å²) in [7, 11) is 0. The highest BCUT2D eigenvalue weighted by molar-refractivity contribution is 5.88. The molecule has 0 atom stereocenters. The molecule has 0 aliphatic heterocycles. The van der Waals surface area contributed by atoms with E-state index < -0.39 is 11.8 Å². The van der Waals surface area contributed by atoms with E-state index in [1.807, 2.05) is 0 Å². The van der Waals surface area contributed by atoms with Gasteiger partial charge in [0.2, 0.25) is 11.7 Å². The molecule has 1 N–H and O–H groups in total. The lowest BCUT2D eigenvalue weighted by molar-refractivity contribution is 0.0695. The highest BCUT2D eigenvalue weighted by atomic mass is 19.1. The van der Waals surface area contributed by atoms with E-state index in [4.69, 9.17) is 14.4 Å². The van der Waals surface area contributed by atoms with Gasteiger partial charge in [0.05, 0.1) is 5.56 Å². The third-order valence-electron chi connectivity index (χ3n) is 2.90. The zero-order valence-electron chi connectivity index (χ0n) is 10.4. The van der Waals surface area contributed by atoms with Crippen LogP contribution < -0.4 is 4.74 Å². The van der Waals surface area contributed by atoms with Crippen molar-refractivity contribution in [2.24, 2.45) is 0 Å². The van der Waals surface area contributed by atoms with Crippen LogP contribution in [0.2, 0.25) is 0 Å². The van der Waals surface area contributed by atoms with Crippen molar-refractivity contribution in [2.75, 3.05) is 0 Å². The lowest BCUT2D eigenvalue weighted by Crippen LogP contribution is -2.01. The van der Waals surface area contributed by atoms with Gasteiger partial charge >= 0.3 is 5.97 Å². The molecule has 20 heavy (non-hydrogen) atoms. The molecular weight excluding hydrogens is 267 g/mol. The van der Waals surface area contributed by atoms with E-state index in [0.29, 0.717) is 17.6 Å². The highest BCUT2D eigenvalue weighted by Crippen LogP contribution is 2.38. The number of carboxylic acids is 1. The van der Waals surface area contributed by atoms with Crippen LogP contribution in [0.15, 0.2) is 22.7 Å². The smallest absolute Gasteiger partial charge is 0.335 e. The van der Waals surface area contributed by atoms with E-state index in [9.17, 15) is 9.18 Å². The maximum absolute atomic E-state index is 13.2. The topological polar surface area (TPSA) is 85.5 Å². The van der Waals surface area contributed by atoms with Crippen molar-refractivity contribution in [2.45, 2.75) is 25.4 Å². The van der Waals surface area contributed by atoms with Gasteiger partial charge in [0.25, 0.3) is 0 Å². The number of aromatic carboxylic acids is 1. The number of carbonyl (C=O) groups is 1. The molecule has 3 rings (SSSR count). The second-order valence-corrected chi connectivity index (χ2v) is 4.59. The summed E-state index contributed by atoms with van der Waals surface area (Å²) in [5, 5.41) is 12.6. The van der Waals surface area contributed by atoms with E-state index in [1.54, 1.807) is 0 Å². The average Bonchev–Trinajstić information content (AvgIpc) is 3.15. The molecule has 1 aliphatic carbocycles. The number of hydrogen-bond donors (Lipinski definition) is 1. The normalized spacial score (nSPS) is 14.2.